The maximum atomic E-state index is 5.77. The van der Waals surface area contributed by atoms with Gasteiger partial charge in [0.2, 0.25) is 0 Å². The number of fused-ring (bicyclic) bond motifs is 1. The number of hydrogen-bond acceptors (Lipinski definition) is 4. The molecule has 0 bridgehead atoms. The lowest BCUT2D eigenvalue weighted by Crippen LogP contribution is -2.32. The van der Waals surface area contributed by atoms with E-state index < -0.39 is 0 Å². The number of rotatable bonds is 3. The molecule has 1 aliphatic heterocycles. The number of nitrogens with one attached hydrogen (secondary N) is 1. The maximum Gasteiger partial charge on any atom is 0.134 e. The molecule has 3 nitrogen and oxygen atoms in total. The standard InChI is InChI=1S/C13H16N2OS/c1-13(5-2-7-16-13)9-15-12-10-4-8-17-11(10)3-6-14-12/h3-4,6,8H,2,5,7,9H2,1H3,(H,14,15). The van der Waals surface area contributed by atoms with Gasteiger partial charge in [0.15, 0.2) is 0 Å². The van der Waals surface area contributed by atoms with Crippen LogP contribution in [0.15, 0.2) is 23.7 Å². The molecule has 1 N–H and O–H groups in total. The minimum atomic E-state index is -0.0279. The summed E-state index contributed by atoms with van der Waals surface area (Å²) in [4.78, 5) is 4.41. The van der Waals surface area contributed by atoms with Gasteiger partial charge in [0.25, 0.3) is 0 Å². The van der Waals surface area contributed by atoms with E-state index in [0.29, 0.717) is 0 Å². The van der Waals surface area contributed by atoms with Crippen molar-refractivity contribution in [3.63, 3.8) is 0 Å². The van der Waals surface area contributed by atoms with Crippen LogP contribution in [0.1, 0.15) is 19.8 Å². The van der Waals surface area contributed by atoms with Gasteiger partial charge in [0, 0.05) is 29.4 Å². The number of ether oxygens (including phenoxy) is 1. The highest BCUT2D eigenvalue weighted by atomic mass is 32.1. The van der Waals surface area contributed by atoms with E-state index >= 15 is 0 Å². The lowest BCUT2D eigenvalue weighted by Gasteiger charge is -2.23. The van der Waals surface area contributed by atoms with E-state index in [-0.39, 0.29) is 5.60 Å². The number of thiophene rings is 1. The molecule has 90 valence electrons. The Kier molecular flexibility index (Phi) is 2.76. The van der Waals surface area contributed by atoms with Crippen molar-refractivity contribution in [2.75, 3.05) is 18.5 Å². The van der Waals surface area contributed by atoms with Gasteiger partial charge in [-0.25, -0.2) is 4.98 Å². The van der Waals surface area contributed by atoms with E-state index in [9.17, 15) is 0 Å². The first-order valence-electron chi connectivity index (χ1n) is 5.97. The Morgan fingerprint density at radius 3 is 3.29 bits per heavy atom. The molecule has 4 heteroatoms. The Labute approximate surface area is 105 Å². The predicted molar refractivity (Wildman–Crippen MR) is 71.7 cm³/mol. The molecule has 3 heterocycles. The van der Waals surface area contributed by atoms with Gasteiger partial charge < -0.3 is 10.1 Å². The fraction of sp³-hybridized carbons (Fsp3) is 0.462. The van der Waals surface area contributed by atoms with Gasteiger partial charge in [0.05, 0.1) is 5.60 Å². The third kappa shape index (κ3) is 2.15. The smallest absolute Gasteiger partial charge is 0.134 e. The van der Waals surface area contributed by atoms with Crippen molar-refractivity contribution in [3.05, 3.63) is 23.7 Å². The maximum absolute atomic E-state index is 5.77. The summed E-state index contributed by atoms with van der Waals surface area (Å²) < 4.78 is 7.05. The first-order valence-corrected chi connectivity index (χ1v) is 6.85. The van der Waals surface area contributed by atoms with E-state index in [1.165, 1.54) is 10.1 Å². The van der Waals surface area contributed by atoms with E-state index in [2.05, 4.69) is 34.7 Å². The lowest BCUT2D eigenvalue weighted by atomic mass is 10.0. The predicted octanol–water partition coefficient (Wildman–Crippen LogP) is 3.28. The molecule has 1 atom stereocenters. The zero-order chi connectivity index (χ0) is 11.7. The molecule has 0 amide bonds. The Morgan fingerprint density at radius 1 is 1.53 bits per heavy atom. The average molecular weight is 248 g/mol. The molecule has 0 aliphatic carbocycles. The van der Waals surface area contributed by atoms with Crippen LogP contribution >= 0.6 is 11.3 Å². The molecule has 0 aromatic carbocycles. The fourth-order valence-corrected chi connectivity index (χ4v) is 3.06. The number of anilines is 1. The van der Waals surface area contributed by atoms with Crippen LogP contribution in [-0.4, -0.2) is 23.7 Å². The van der Waals surface area contributed by atoms with Crippen LogP contribution in [0.4, 0.5) is 5.82 Å². The van der Waals surface area contributed by atoms with Crippen LogP contribution in [-0.2, 0) is 4.74 Å². The summed E-state index contributed by atoms with van der Waals surface area (Å²) in [7, 11) is 0. The van der Waals surface area contributed by atoms with Gasteiger partial charge in [-0.1, -0.05) is 0 Å². The molecular weight excluding hydrogens is 232 g/mol. The van der Waals surface area contributed by atoms with E-state index in [4.69, 9.17) is 4.74 Å². The van der Waals surface area contributed by atoms with Crippen molar-refractivity contribution in [1.82, 2.24) is 4.98 Å². The molecule has 2 aromatic heterocycles. The van der Waals surface area contributed by atoms with Crippen molar-refractivity contribution < 1.29 is 4.74 Å². The summed E-state index contributed by atoms with van der Waals surface area (Å²) in [5.41, 5.74) is -0.0279. The summed E-state index contributed by atoms with van der Waals surface area (Å²) in [5.74, 6) is 0.973. The van der Waals surface area contributed by atoms with E-state index in [1.807, 2.05) is 6.20 Å². The zero-order valence-electron chi connectivity index (χ0n) is 9.90. The molecule has 2 aromatic rings. The zero-order valence-corrected chi connectivity index (χ0v) is 10.7. The van der Waals surface area contributed by atoms with E-state index in [1.54, 1.807) is 11.3 Å². The van der Waals surface area contributed by atoms with Crippen molar-refractivity contribution in [1.29, 1.82) is 0 Å². The molecule has 1 unspecified atom stereocenters. The summed E-state index contributed by atoms with van der Waals surface area (Å²) in [6, 6.07) is 4.17. The number of nitrogens with zero attached hydrogens (tertiary/aromatic N) is 1. The Hall–Kier alpha value is -1.13. The molecule has 0 saturated carbocycles. The molecule has 1 saturated heterocycles. The number of pyridine rings is 1. The largest absolute Gasteiger partial charge is 0.373 e. The summed E-state index contributed by atoms with van der Waals surface area (Å²) >= 11 is 1.75. The van der Waals surface area contributed by atoms with Crippen molar-refractivity contribution in [2.24, 2.45) is 0 Å². The quantitative estimate of drug-likeness (QED) is 0.905. The van der Waals surface area contributed by atoms with Gasteiger partial charge >= 0.3 is 0 Å². The monoisotopic (exact) mass is 248 g/mol. The highest BCUT2D eigenvalue weighted by Crippen LogP contribution is 2.28. The van der Waals surface area contributed by atoms with Crippen molar-refractivity contribution in [3.8, 4) is 0 Å². The Balaban J connectivity index is 1.78. The van der Waals surface area contributed by atoms with E-state index in [0.717, 1.165) is 31.8 Å². The van der Waals surface area contributed by atoms with Crippen LogP contribution in [0.2, 0.25) is 0 Å². The minimum Gasteiger partial charge on any atom is -0.373 e. The molecule has 17 heavy (non-hydrogen) atoms. The first-order chi connectivity index (χ1) is 8.27. The second-order valence-electron chi connectivity index (χ2n) is 4.75. The molecule has 1 aliphatic rings. The first kappa shape index (κ1) is 11.0. The van der Waals surface area contributed by atoms with Crippen LogP contribution in [0.5, 0.6) is 0 Å². The molecule has 0 spiro atoms. The Bertz CT molecular complexity index is 517. The summed E-state index contributed by atoms with van der Waals surface area (Å²) in [6.07, 6.45) is 4.15. The van der Waals surface area contributed by atoms with Gasteiger partial charge in [-0.05, 0) is 37.3 Å². The summed E-state index contributed by atoms with van der Waals surface area (Å²) in [5, 5.41) is 6.74. The Morgan fingerprint density at radius 2 is 2.47 bits per heavy atom. The SMILES string of the molecule is CC1(CNc2nccc3sccc23)CCCO1. The summed E-state index contributed by atoms with van der Waals surface area (Å²) in [6.45, 7) is 3.88. The second kappa shape index (κ2) is 4.27. The number of aromatic nitrogens is 1. The van der Waals surface area contributed by atoms with Crippen LogP contribution in [0.25, 0.3) is 10.1 Å². The lowest BCUT2D eigenvalue weighted by molar-refractivity contribution is 0.0315. The molecule has 3 rings (SSSR count). The van der Waals surface area contributed by atoms with Gasteiger partial charge in [-0.15, -0.1) is 11.3 Å². The fourth-order valence-electron chi connectivity index (χ4n) is 2.28. The number of hydrogen-bond donors (Lipinski definition) is 1. The van der Waals surface area contributed by atoms with Crippen LogP contribution < -0.4 is 5.32 Å². The second-order valence-corrected chi connectivity index (χ2v) is 5.70. The van der Waals surface area contributed by atoms with Gasteiger partial charge in [0.1, 0.15) is 5.82 Å². The average Bonchev–Trinajstić information content (AvgIpc) is 2.95. The highest BCUT2D eigenvalue weighted by molar-refractivity contribution is 7.17. The topological polar surface area (TPSA) is 34.2 Å². The van der Waals surface area contributed by atoms with Gasteiger partial charge in [-0.3, -0.25) is 0 Å². The van der Waals surface area contributed by atoms with Crippen LogP contribution in [0.3, 0.4) is 0 Å². The third-order valence-electron chi connectivity index (χ3n) is 3.31. The van der Waals surface area contributed by atoms with Gasteiger partial charge in [-0.2, -0.15) is 0 Å². The molecular formula is C13H16N2OS. The third-order valence-corrected chi connectivity index (χ3v) is 4.19. The van der Waals surface area contributed by atoms with Crippen molar-refractivity contribution >= 4 is 27.2 Å². The van der Waals surface area contributed by atoms with Crippen LogP contribution in [0, 0.1) is 0 Å². The molecule has 1 fully saturated rings. The minimum absolute atomic E-state index is 0.0279. The molecule has 0 radical (unpaired) electrons. The highest BCUT2D eigenvalue weighted by Gasteiger charge is 2.29. The normalized spacial score (nSPS) is 24.3. The van der Waals surface area contributed by atoms with Crippen molar-refractivity contribution in [2.45, 2.75) is 25.4 Å².